The van der Waals surface area contributed by atoms with Crippen LogP contribution >= 0.6 is 22.9 Å². The molecule has 4 rings (SSSR count). The normalized spacial score (nSPS) is 17.8. The summed E-state index contributed by atoms with van der Waals surface area (Å²) < 4.78 is 6.20. The maximum Gasteiger partial charge on any atom is 0.310 e. The number of piperazine rings is 1. The number of thiazole rings is 1. The molecule has 1 fully saturated rings. The number of nitrogens with zero attached hydrogens (tertiary/aromatic N) is 3. The molecule has 0 aliphatic carbocycles. The topological polar surface area (TPSA) is 71.7 Å². The van der Waals surface area contributed by atoms with E-state index in [-0.39, 0.29) is 18.1 Å². The molecule has 182 valence electrons. The number of anilines is 1. The Kier molecular flexibility index (Phi) is 8.42. The molecule has 6 nitrogen and oxygen atoms in total. The molecule has 34 heavy (non-hydrogen) atoms. The third kappa shape index (κ3) is 6.08. The lowest BCUT2D eigenvalue weighted by Crippen LogP contribution is -2.59. The van der Waals surface area contributed by atoms with Crippen LogP contribution in [0.5, 0.6) is 0 Å². The number of benzene rings is 2. The third-order valence-corrected chi connectivity index (χ3v) is 7.55. The van der Waals surface area contributed by atoms with E-state index in [0.29, 0.717) is 13.0 Å². The Labute approximate surface area is 210 Å². The molecule has 1 aliphatic heterocycles. The van der Waals surface area contributed by atoms with E-state index in [1.165, 1.54) is 5.56 Å². The zero-order valence-electron chi connectivity index (χ0n) is 19.9. The maximum atomic E-state index is 11.9. The molecule has 0 spiro atoms. The Balaban J connectivity index is 1.49. The zero-order valence-corrected chi connectivity index (χ0v) is 21.4. The Morgan fingerprint density at radius 2 is 2.06 bits per heavy atom. The fourth-order valence-corrected chi connectivity index (χ4v) is 5.95. The highest BCUT2D eigenvalue weighted by atomic mass is 35.5. The lowest BCUT2D eigenvalue weighted by Gasteiger charge is -2.44. The van der Waals surface area contributed by atoms with Crippen molar-refractivity contribution >= 4 is 44.3 Å². The summed E-state index contributed by atoms with van der Waals surface area (Å²) in [5.41, 5.74) is 9.87. The first-order valence-corrected chi connectivity index (χ1v) is 13.2. The first-order chi connectivity index (χ1) is 16.5. The molecule has 0 bridgehead atoms. The molecule has 0 saturated carbocycles. The Hall–Kier alpha value is -2.19. The number of carbonyl (C=O) groups excluding carboxylic acids is 1. The number of hydrogen-bond acceptors (Lipinski definition) is 7. The van der Waals surface area contributed by atoms with Crippen molar-refractivity contribution in [3.8, 4) is 0 Å². The number of carbonyl (C=O) groups is 1. The molecule has 2 N–H and O–H groups in total. The van der Waals surface area contributed by atoms with Gasteiger partial charge in [-0.15, -0.1) is 0 Å². The monoisotopic (exact) mass is 500 g/mol. The summed E-state index contributed by atoms with van der Waals surface area (Å²) in [7, 11) is 0. The molecule has 0 radical (unpaired) electrons. The Morgan fingerprint density at radius 1 is 1.24 bits per heavy atom. The van der Waals surface area contributed by atoms with Crippen LogP contribution in [-0.4, -0.2) is 54.2 Å². The van der Waals surface area contributed by atoms with Crippen molar-refractivity contribution in [2.45, 2.75) is 51.7 Å². The second-order valence-electron chi connectivity index (χ2n) is 8.86. The maximum absolute atomic E-state index is 11.9. The van der Waals surface area contributed by atoms with Gasteiger partial charge in [0.05, 0.1) is 29.3 Å². The predicted molar refractivity (Wildman–Crippen MR) is 141 cm³/mol. The molecular formula is C26H33ClN4O2S. The zero-order chi connectivity index (χ0) is 24.1. The number of aromatic nitrogens is 1. The van der Waals surface area contributed by atoms with Gasteiger partial charge in [-0.25, -0.2) is 4.98 Å². The van der Waals surface area contributed by atoms with E-state index in [4.69, 9.17) is 27.1 Å². The van der Waals surface area contributed by atoms with Gasteiger partial charge in [-0.3, -0.25) is 9.69 Å². The van der Waals surface area contributed by atoms with Gasteiger partial charge in [-0.2, -0.15) is 0 Å². The van der Waals surface area contributed by atoms with Crippen molar-refractivity contribution in [2.75, 3.05) is 31.1 Å². The fourth-order valence-electron chi connectivity index (χ4n) is 4.63. The van der Waals surface area contributed by atoms with E-state index < -0.39 is 0 Å². The molecule has 0 amide bonds. The summed E-state index contributed by atoms with van der Waals surface area (Å²) in [6, 6.07) is 14.4. The molecule has 1 saturated heterocycles. The summed E-state index contributed by atoms with van der Waals surface area (Å²) >= 11 is 7.88. The van der Waals surface area contributed by atoms with E-state index in [2.05, 4.69) is 28.9 Å². The highest BCUT2D eigenvalue weighted by Gasteiger charge is 2.33. The highest BCUT2D eigenvalue weighted by molar-refractivity contribution is 7.22. The van der Waals surface area contributed by atoms with E-state index in [9.17, 15) is 4.79 Å². The smallest absolute Gasteiger partial charge is 0.310 e. The molecule has 2 atom stereocenters. The highest BCUT2D eigenvalue weighted by Crippen LogP contribution is 2.33. The molecular weight excluding hydrogens is 468 g/mol. The van der Waals surface area contributed by atoms with Crippen molar-refractivity contribution in [3.63, 3.8) is 0 Å². The van der Waals surface area contributed by atoms with Gasteiger partial charge in [0, 0.05) is 37.2 Å². The molecule has 1 unspecified atom stereocenters. The first kappa shape index (κ1) is 24.9. The van der Waals surface area contributed by atoms with Crippen LogP contribution < -0.4 is 10.6 Å². The summed E-state index contributed by atoms with van der Waals surface area (Å²) in [5, 5.41) is 1.75. The van der Waals surface area contributed by atoms with E-state index in [1.54, 1.807) is 11.3 Å². The minimum absolute atomic E-state index is 0.0681. The van der Waals surface area contributed by atoms with Gasteiger partial charge in [0.1, 0.15) is 0 Å². The first-order valence-electron chi connectivity index (χ1n) is 12.0. The minimum Gasteiger partial charge on any atom is -0.466 e. The SMILES string of the molecule is CCCC(N)[C@@H]1CN(Cc2cccc(CC(=O)OCC)c2)CCN1c1nc2ccc(Cl)cc2s1. The van der Waals surface area contributed by atoms with Gasteiger partial charge in [0.2, 0.25) is 0 Å². The number of fused-ring (bicyclic) bond motifs is 1. The number of nitrogens with two attached hydrogens (primary N) is 1. The van der Waals surface area contributed by atoms with E-state index >= 15 is 0 Å². The molecule has 2 aromatic carbocycles. The minimum atomic E-state index is -0.184. The second-order valence-corrected chi connectivity index (χ2v) is 10.3. The van der Waals surface area contributed by atoms with Crippen LogP contribution in [-0.2, 0) is 22.5 Å². The average molecular weight is 501 g/mol. The van der Waals surface area contributed by atoms with Crippen LogP contribution in [0, 0.1) is 0 Å². The second kappa shape index (κ2) is 11.5. The number of rotatable bonds is 9. The van der Waals surface area contributed by atoms with Crippen LogP contribution in [0.2, 0.25) is 5.02 Å². The molecule has 1 aromatic heterocycles. The van der Waals surface area contributed by atoms with Crippen molar-refractivity contribution in [3.05, 3.63) is 58.6 Å². The van der Waals surface area contributed by atoms with Crippen LogP contribution in [0.3, 0.4) is 0 Å². The number of esters is 1. The molecule has 2 heterocycles. The van der Waals surface area contributed by atoms with Crippen molar-refractivity contribution < 1.29 is 9.53 Å². The lowest BCUT2D eigenvalue weighted by molar-refractivity contribution is -0.142. The van der Waals surface area contributed by atoms with Gasteiger partial charge in [-0.05, 0) is 42.7 Å². The fraction of sp³-hybridized carbons (Fsp3) is 0.462. The van der Waals surface area contributed by atoms with Gasteiger partial charge in [-0.1, -0.05) is 60.5 Å². The number of halogens is 1. The van der Waals surface area contributed by atoms with Crippen molar-refractivity contribution in [1.82, 2.24) is 9.88 Å². The van der Waals surface area contributed by atoms with Crippen molar-refractivity contribution in [1.29, 1.82) is 0 Å². The van der Waals surface area contributed by atoms with Gasteiger partial charge >= 0.3 is 5.97 Å². The summed E-state index contributed by atoms with van der Waals surface area (Å²) in [4.78, 5) is 21.6. The third-order valence-electron chi connectivity index (χ3n) is 6.26. The summed E-state index contributed by atoms with van der Waals surface area (Å²) in [5.74, 6) is -0.184. The van der Waals surface area contributed by atoms with Gasteiger partial charge in [0.15, 0.2) is 5.13 Å². The Morgan fingerprint density at radius 3 is 2.85 bits per heavy atom. The van der Waals surface area contributed by atoms with Gasteiger partial charge in [0.25, 0.3) is 0 Å². The quantitative estimate of drug-likeness (QED) is 0.422. The summed E-state index contributed by atoms with van der Waals surface area (Å²) in [6.45, 7) is 7.92. The molecule has 3 aromatic rings. The van der Waals surface area contributed by atoms with E-state index in [1.807, 2.05) is 37.3 Å². The lowest BCUT2D eigenvalue weighted by atomic mass is 9.99. The summed E-state index contributed by atoms with van der Waals surface area (Å²) in [6.07, 6.45) is 2.33. The van der Waals surface area contributed by atoms with Crippen LogP contribution in [0.4, 0.5) is 5.13 Å². The predicted octanol–water partition coefficient (Wildman–Crippen LogP) is 4.87. The van der Waals surface area contributed by atoms with Gasteiger partial charge < -0.3 is 15.4 Å². The number of hydrogen-bond donors (Lipinski definition) is 1. The number of ether oxygens (including phenoxy) is 1. The average Bonchev–Trinajstić information content (AvgIpc) is 3.22. The van der Waals surface area contributed by atoms with Crippen LogP contribution in [0.15, 0.2) is 42.5 Å². The van der Waals surface area contributed by atoms with Crippen molar-refractivity contribution in [2.24, 2.45) is 5.73 Å². The van der Waals surface area contributed by atoms with Crippen LogP contribution in [0.25, 0.3) is 10.2 Å². The molecule has 8 heteroatoms. The molecule has 1 aliphatic rings. The van der Waals surface area contributed by atoms with E-state index in [0.717, 1.165) is 65.0 Å². The van der Waals surface area contributed by atoms with Crippen LogP contribution in [0.1, 0.15) is 37.8 Å². The standard InChI is InChI=1S/C26H33ClN4O2S/c1-3-6-21(28)23-17-30(16-19-8-5-7-18(13-19)14-25(32)33-4-2)11-12-31(23)26-29-22-10-9-20(27)15-24(22)34-26/h5,7-10,13,15,21,23H,3-4,6,11-12,14,16-17,28H2,1-2H3/t21?,23-/m0/s1. The Bertz CT molecular complexity index is 1120. The largest absolute Gasteiger partial charge is 0.466 e.